The minimum absolute atomic E-state index is 0.155. The van der Waals surface area contributed by atoms with Crippen LogP contribution in [0.4, 0.5) is 14.5 Å². The van der Waals surface area contributed by atoms with Gasteiger partial charge in [0, 0.05) is 35.7 Å². The molecule has 5 rings (SSSR count). The summed E-state index contributed by atoms with van der Waals surface area (Å²) in [6, 6.07) is 9.78. The van der Waals surface area contributed by atoms with Crippen LogP contribution in [0.5, 0.6) is 28.7 Å². The molecule has 3 N–H and O–H groups in total. The molecule has 40 heavy (non-hydrogen) atoms. The standard InChI is InChI=1S/C28H29F2NO9/c29-20-12-18-25(14-23(20)32)40-26-15-24(33)21(30)13-19(26)28(18)17-1-2-22-27(11-17)38-10-9-37-8-7-36-6-5-35-4-3-31(22)16-39-34/h1-2,11-15,28,32-34H,3-10,16H2. The van der Waals surface area contributed by atoms with Crippen LogP contribution < -0.4 is 14.4 Å². The third kappa shape index (κ3) is 6.06. The number of aromatic hydroxyl groups is 2. The first kappa shape index (κ1) is 27.9. The van der Waals surface area contributed by atoms with Gasteiger partial charge in [0.2, 0.25) is 0 Å². The van der Waals surface area contributed by atoms with Gasteiger partial charge in [0.05, 0.1) is 45.3 Å². The summed E-state index contributed by atoms with van der Waals surface area (Å²) in [5.74, 6) is -2.98. The number of benzene rings is 3. The number of hydrogen-bond acceptors (Lipinski definition) is 10. The van der Waals surface area contributed by atoms with Crippen LogP contribution in [0.25, 0.3) is 0 Å². The lowest BCUT2D eigenvalue weighted by Gasteiger charge is -2.30. The average Bonchev–Trinajstić information content (AvgIpc) is 2.94. The van der Waals surface area contributed by atoms with Gasteiger partial charge in [0.15, 0.2) is 29.9 Å². The molecule has 3 aromatic rings. The van der Waals surface area contributed by atoms with Gasteiger partial charge in [0.1, 0.15) is 23.9 Å². The second kappa shape index (κ2) is 12.7. The van der Waals surface area contributed by atoms with Gasteiger partial charge in [0.25, 0.3) is 0 Å². The summed E-state index contributed by atoms with van der Waals surface area (Å²) in [6.07, 6.45) is 0. The first-order valence-electron chi connectivity index (χ1n) is 12.7. The number of phenols is 2. The zero-order valence-corrected chi connectivity index (χ0v) is 21.5. The molecular weight excluding hydrogens is 532 g/mol. The summed E-state index contributed by atoms with van der Waals surface area (Å²) >= 11 is 0. The summed E-state index contributed by atoms with van der Waals surface area (Å²) in [6.45, 7) is 2.55. The Labute approximate surface area is 228 Å². The molecule has 10 nitrogen and oxygen atoms in total. The largest absolute Gasteiger partial charge is 0.505 e. The highest BCUT2D eigenvalue weighted by atomic mass is 19.1. The van der Waals surface area contributed by atoms with Gasteiger partial charge in [-0.15, -0.1) is 0 Å². The Morgan fingerprint density at radius 3 is 1.93 bits per heavy atom. The first-order chi connectivity index (χ1) is 19.5. The Bertz CT molecular complexity index is 1280. The molecule has 0 unspecified atom stereocenters. The number of hydrogen-bond donors (Lipinski definition) is 3. The minimum atomic E-state index is -0.868. The van der Waals surface area contributed by atoms with Gasteiger partial charge in [-0.1, -0.05) is 6.07 Å². The Hall–Kier alpha value is -3.68. The molecule has 3 aromatic carbocycles. The van der Waals surface area contributed by atoms with E-state index in [1.54, 1.807) is 23.1 Å². The van der Waals surface area contributed by atoms with Crippen LogP contribution in [-0.2, 0) is 19.1 Å². The highest BCUT2D eigenvalue weighted by Crippen LogP contribution is 2.51. The number of nitrogens with zero attached hydrogens (tertiary/aromatic N) is 1. The lowest BCUT2D eigenvalue weighted by molar-refractivity contribution is -0.241. The SMILES string of the molecule is OOCN1CCOCCOCCOCCOc2cc(C3c4cc(F)c(O)cc4Oc4cc(O)c(F)cc43)ccc21. The van der Waals surface area contributed by atoms with Crippen molar-refractivity contribution in [3.05, 3.63) is 70.8 Å². The fourth-order valence-corrected chi connectivity index (χ4v) is 4.73. The quantitative estimate of drug-likeness (QED) is 0.246. The fraction of sp³-hybridized carbons (Fsp3) is 0.357. The molecule has 12 heteroatoms. The van der Waals surface area contributed by atoms with Crippen molar-refractivity contribution in [1.82, 2.24) is 0 Å². The predicted molar refractivity (Wildman–Crippen MR) is 137 cm³/mol. The van der Waals surface area contributed by atoms with Crippen molar-refractivity contribution in [2.24, 2.45) is 0 Å². The first-order valence-corrected chi connectivity index (χ1v) is 12.7. The maximum absolute atomic E-state index is 14.5. The van der Waals surface area contributed by atoms with E-state index in [0.29, 0.717) is 67.7 Å². The maximum atomic E-state index is 14.5. The van der Waals surface area contributed by atoms with E-state index < -0.39 is 29.1 Å². The molecule has 2 aliphatic heterocycles. The van der Waals surface area contributed by atoms with E-state index in [1.165, 1.54) is 0 Å². The molecule has 0 aliphatic carbocycles. The van der Waals surface area contributed by atoms with E-state index in [4.69, 9.17) is 23.7 Å². The molecule has 0 spiro atoms. The normalized spacial score (nSPS) is 16.9. The van der Waals surface area contributed by atoms with Gasteiger partial charge in [-0.2, -0.15) is 0 Å². The second-order valence-electron chi connectivity index (χ2n) is 9.15. The van der Waals surface area contributed by atoms with E-state index in [0.717, 1.165) is 24.3 Å². The summed E-state index contributed by atoms with van der Waals surface area (Å²) in [5.41, 5.74) is 1.86. The zero-order chi connectivity index (χ0) is 28.1. The lowest BCUT2D eigenvalue weighted by atomic mass is 9.82. The highest BCUT2D eigenvalue weighted by molar-refractivity contribution is 5.65. The van der Waals surface area contributed by atoms with E-state index in [9.17, 15) is 24.3 Å². The third-order valence-corrected chi connectivity index (χ3v) is 6.61. The van der Waals surface area contributed by atoms with Crippen molar-refractivity contribution in [2.75, 3.05) is 64.4 Å². The number of halogens is 2. The Morgan fingerprint density at radius 1 is 0.750 bits per heavy atom. The van der Waals surface area contributed by atoms with Crippen LogP contribution in [0, 0.1) is 11.6 Å². The lowest BCUT2D eigenvalue weighted by Crippen LogP contribution is -2.30. The van der Waals surface area contributed by atoms with Gasteiger partial charge in [-0.3, -0.25) is 0 Å². The molecule has 0 radical (unpaired) electrons. The fourth-order valence-electron chi connectivity index (χ4n) is 4.73. The third-order valence-electron chi connectivity index (χ3n) is 6.61. The van der Waals surface area contributed by atoms with Crippen molar-refractivity contribution < 1.29 is 52.8 Å². The summed E-state index contributed by atoms with van der Waals surface area (Å²) in [4.78, 5) is 6.14. The van der Waals surface area contributed by atoms with Gasteiger partial charge in [-0.05, 0) is 29.8 Å². The molecule has 2 heterocycles. The number of anilines is 1. The smallest absolute Gasteiger partial charge is 0.165 e. The predicted octanol–water partition coefficient (Wildman–Crippen LogP) is 4.36. The van der Waals surface area contributed by atoms with Gasteiger partial charge < -0.3 is 38.8 Å². The molecule has 0 aromatic heterocycles. The number of fused-ring (bicyclic) bond motifs is 3. The van der Waals surface area contributed by atoms with Crippen LogP contribution in [0.3, 0.4) is 0 Å². The van der Waals surface area contributed by atoms with E-state index in [2.05, 4.69) is 4.89 Å². The Kier molecular flexibility index (Phi) is 8.82. The van der Waals surface area contributed by atoms with Crippen molar-refractivity contribution in [2.45, 2.75) is 5.92 Å². The van der Waals surface area contributed by atoms with E-state index in [-0.39, 0.29) is 31.4 Å². The number of phenolic OH excluding ortho intramolecular Hbond substituents is 2. The summed E-state index contributed by atoms with van der Waals surface area (Å²) in [7, 11) is 0. The highest BCUT2D eigenvalue weighted by Gasteiger charge is 2.32. The van der Waals surface area contributed by atoms with Crippen molar-refractivity contribution in [1.29, 1.82) is 0 Å². The molecule has 0 saturated heterocycles. The summed E-state index contributed by atoms with van der Waals surface area (Å²) < 4.78 is 57.6. The van der Waals surface area contributed by atoms with Crippen LogP contribution in [-0.4, -0.2) is 75.0 Å². The Balaban J connectivity index is 1.58. The monoisotopic (exact) mass is 561 g/mol. The molecule has 0 atom stereocenters. The summed E-state index contributed by atoms with van der Waals surface area (Å²) in [5, 5.41) is 29.2. The number of ether oxygens (including phenoxy) is 5. The molecule has 214 valence electrons. The Morgan fingerprint density at radius 2 is 1.32 bits per heavy atom. The maximum Gasteiger partial charge on any atom is 0.165 e. The van der Waals surface area contributed by atoms with Crippen LogP contribution in [0.1, 0.15) is 22.6 Å². The van der Waals surface area contributed by atoms with Crippen LogP contribution in [0.2, 0.25) is 0 Å². The van der Waals surface area contributed by atoms with Crippen molar-refractivity contribution >= 4 is 5.69 Å². The topological polar surface area (TPSA) is 119 Å². The van der Waals surface area contributed by atoms with Gasteiger partial charge >= 0.3 is 0 Å². The van der Waals surface area contributed by atoms with Crippen molar-refractivity contribution in [3.8, 4) is 28.7 Å². The van der Waals surface area contributed by atoms with Crippen LogP contribution in [0.15, 0.2) is 42.5 Å². The minimum Gasteiger partial charge on any atom is -0.505 e. The molecular formula is C28H29F2NO9. The second-order valence-corrected chi connectivity index (χ2v) is 9.15. The van der Waals surface area contributed by atoms with Gasteiger partial charge in [-0.25, -0.2) is 18.9 Å². The average molecular weight is 562 g/mol. The molecule has 0 bridgehead atoms. The molecule has 0 fully saturated rings. The van der Waals surface area contributed by atoms with E-state index >= 15 is 0 Å². The molecule has 0 amide bonds. The zero-order valence-electron chi connectivity index (χ0n) is 21.5. The number of rotatable bonds is 3. The van der Waals surface area contributed by atoms with E-state index in [1.807, 2.05) is 0 Å². The molecule has 2 aliphatic rings. The molecule has 0 saturated carbocycles. The van der Waals surface area contributed by atoms with Crippen molar-refractivity contribution in [3.63, 3.8) is 0 Å². The van der Waals surface area contributed by atoms with Crippen LogP contribution >= 0.6 is 0 Å².